The molecule has 4 nitrogen and oxygen atoms in total. The number of nitrogens with zero attached hydrogens (tertiary/aromatic N) is 2. The zero-order valence-electron chi connectivity index (χ0n) is 11.5. The number of aliphatic hydroxyl groups excluding tert-OH is 1. The highest BCUT2D eigenvalue weighted by Gasteiger charge is 2.51. The molecule has 0 spiro atoms. The van der Waals surface area contributed by atoms with E-state index in [0.717, 1.165) is 19.3 Å². The van der Waals surface area contributed by atoms with Crippen LogP contribution in [-0.2, 0) is 4.79 Å². The van der Waals surface area contributed by atoms with E-state index >= 15 is 0 Å². The van der Waals surface area contributed by atoms with Crippen LogP contribution in [0.2, 0.25) is 0 Å². The Morgan fingerprint density at radius 2 is 1.95 bits per heavy atom. The molecule has 4 fully saturated rings. The van der Waals surface area contributed by atoms with Gasteiger partial charge in [-0.15, -0.1) is 0 Å². The summed E-state index contributed by atoms with van der Waals surface area (Å²) in [5.41, 5.74) is 0. The Bertz CT molecular complexity index is 386. The first kappa shape index (κ1) is 12.2. The Labute approximate surface area is 114 Å². The van der Waals surface area contributed by atoms with Crippen LogP contribution in [-0.4, -0.2) is 58.6 Å². The van der Waals surface area contributed by atoms with Crippen molar-refractivity contribution in [2.45, 2.75) is 56.7 Å². The normalized spacial score (nSPS) is 46.7. The Hall–Kier alpha value is -0.610. The van der Waals surface area contributed by atoms with Crippen LogP contribution in [0.5, 0.6) is 0 Å². The van der Waals surface area contributed by atoms with E-state index < -0.39 is 0 Å². The van der Waals surface area contributed by atoms with Gasteiger partial charge in [0.1, 0.15) is 0 Å². The molecular formula is C15H24N2O2. The van der Waals surface area contributed by atoms with Crippen molar-refractivity contribution >= 4 is 5.91 Å². The lowest BCUT2D eigenvalue weighted by Crippen LogP contribution is -2.66. The minimum absolute atomic E-state index is 0.223. The van der Waals surface area contributed by atoms with E-state index in [4.69, 9.17) is 0 Å². The van der Waals surface area contributed by atoms with Crippen molar-refractivity contribution in [3.8, 4) is 0 Å². The van der Waals surface area contributed by atoms with E-state index in [0.29, 0.717) is 30.5 Å². The Morgan fingerprint density at radius 1 is 1.05 bits per heavy atom. The minimum Gasteiger partial charge on any atom is -0.391 e. The van der Waals surface area contributed by atoms with E-state index in [9.17, 15) is 9.90 Å². The lowest BCUT2D eigenvalue weighted by atomic mass is 9.70. The van der Waals surface area contributed by atoms with E-state index in [1.165, 1.54) is 32.4 Å². The Balaban J connectivity index is 1.62. The second-order valence-electron chi connectivity index (χ2n) is 6.95. The first-order chi connectivity index (χ1) is 9.24. The van der Waals surface area contributed by atoms with Gasteiger partial charge in [-0.2, -0.15) is 0 Å². The third kappa shape index (κ3) is 1.83. The van der Waals surface area contributed by atoms with Crippen LogP contribution in [0.1, 0.15) is 38.5 Å². The summed E-state index contributed by atoms with van der Waals surface area (Å²) in [6.07, 6.45) is 6.48. The summed E-state index contributed by atoms with van der Waals surface area (Å²) in [6.45, 7) is 2.97. The number of rotatable bonds is 0. The quantitative estimate of drug-likeness (QED) is 0.705. The van der Waals surface area contributed by atoms with Crippen LogP contribution in [0.4, 0.5) is 0 Å². The summed E-state index contributed by atoms with van der Waals surface area (Å²) in [4.78, 5) is 17.4. The molecule has 0 aromatic rings. The first-order valence-electron chi connectivity index (χ1n) is 7.96. The summed E-state index contributed by atoms with van der Waals surface area (Å²) < 4.78 is 0. The fraction of sp³-hybridized carbons (Fsp3) is 0.933. The van der Waals surface area contributed by atoms with E-state index in [1.54, 1.807) is 0 Å². The molecule has 4 aliphatic heterocycles. The lowest BCUT2D eigenvalue weighted by Gasteiger charge is -2.56. The number of piperidine rings is 4. The average Bonchev–Trinajstić information content (AvgIpc) is 2.44. The molecule has 0 aromatic heterocycles. The fourth-order valence-corrected chi connectivity index (χ4v) is 5.03. The molecule has 4 heteroatoms. The molecule has 4 aliphatic rings. The van der Waals surface area contributed by atoms with Gasteiger partial charge in [-0.1, -0.05) is 6.42 Å². The average molecular weight is 264 g/mol. The fourth-order valence-electron chi connectivity index (χ4n) is 5.03. The van der Waals surface area contributed by atoms with Gasteiger partial charge >= 0.3 is 0 Å². The number of carbonyl (C=O) groups is 1. The van der Waals surface area contributed by atoms with Gasteiger partial charge < -0.3 is 10.0 Å². The van der Waals surface area contributed by atoms with Gasteiger partial charge in [0.25, 0.3) is 0 Å². The Morgan fingerprint density at radius 3 is 2.84 bits per heavy atom. The van der Waals surface area contributed by atoms with Crippen molar-refractivity contribution in [3.05, 3.63) is 0 Å². The standard InChI is InChI=1S/C15H24N2O2/c18-11-4-5-13-10-7-12(15(19)17(13)9-11)14-3-1-2-6-16(14)8-10/h10-14,18H,1-9H2. The molecule has 0 saturated carbocycles. The molecule has 19 heavy (non-hydrogen) atoms. The topological polar surface area (TPSA) is 43.8 Å². The molecule has 0 radical (unpaired) electrons. The summed E-state index contributed by atoms with van der Waals surface area (Å²) >= 11 is 0. The predicted octanol–water partition coefficient (Wildman–Crippen LogP) is 0.842. The van der Waals surface area contributed by atoms with Crippen LogP contribution in [0.3, 0.4) is 0 Å². The summed E-state index contributed by atoms with van der Waals surface area (Å²) in [5.74, 6) is 1.22. The number of carbonyl (C=O) groups excluding carboxylic acids is 1. The van der Waals surface area contributed by atoms with Gasteiger partial charge in [-0.05, 0) is 44.6 Å². The van der Waals surface area contributed by atoms with E-state index in [2.05, 4.69) is 4.90 Å². The number of hydrogen-bond donors (Lipinski definition) is 1. The summed E-state index contributed by atoms with van der Waals surface area (Å²) in [6, 6.07) is 0.910. The second kappa shape index (κ2) is 4.45. The molecule has 4 rings (SSSR count). The van der Waals surface area contributed by atoms with Crippen LogP contribution in [0, 0.1) is 11.8 Å². The van der Waals surface area contributed by atoms with Crippen LogP contribution in [0.25, 0.3) is 0 Å². The Kier molecular flexibility index (Phi) is 2.85. The van der Waals surface area contributed by atoms with Crippen molar-refractivity contribution in [2.24, 2.45) is 11.8 Å². The second-order valence-corrected chi connectivity index (χ2v) is 6.95. The van der Waals surface area contributed by atoms with Gasteiger partial charge in [-0.3, -0.25) is 9.69 Å². The van der Waals surface area contributed by atoms with Crippen molar-refractivity contribution < 1.29 is 9.90 Å². The molecular weight excluding hydrogens is 240 g/mol. The van der Waals surface area contributed by atoms with Gasteiger partial charge in [0.05, 0.1) is 12.0 Å². The van der Waals surface area contributed by atoms with Gasteiger partial charge in [0.15, 0.2) is 0 Å². The van der Waals surface area contributed by atoms with E-state index in [1.807, 2.05) is 4.90 Å². The van der Waals surface area contributed by atoms with Crippen molar-refractivity contribution in [3.63, 3.8) is 0 Å². The van der Waals surface area contributed by atoms with Crippen LogP contribution >= 0.6 is 0 Å². The van der Waals surface area contributed by atoms with E-state index in [-0.39, 0.29) is 12.0 Å². The third-order valence-corrected chi connectivity index (χ3v) is 5.90. The molecule has 0 aromatic carbocycles. The molecule has 5 unspecified atom stereocenters. The maximum atomic E-state index is 12.8. The molecule has 1 amide bonds. The summed E-state index contributed by atoms with van der Waals surface area (Å²) in [7, 11) is 0. The van der Waals surface area contributed by atoms with Crippen molar-refractivity contribution in [1.82, 2.24) is 9.80 Å². The molecule has 106 valence electrons. The molecule has 2 bridgehead atoms. The number of aliphatic hydroxyl groups is 1. The molecule has 1 N–H and O–H groups in total. The SMILES string of the molecule is O=C1C2CC(CN3CCCCC23)C2CCC(O)CN12. The molecule has 4 saturated heterocycles. The molecule has 0 aliphatic carbocycles. The minimum atomic E-state index is -0.290. The zero-order valence-corrected chi connectivity index (χ0v) is 11.5. The highest BCUT2D eigenvalue weighted by Crippen LogP contribution is 2.43. The monoisotopic (exact) mass is 264 g/mol. The number of hydrogen-bond acceptors (Lipinski definition) is 3. The van der Waals surface area contributed by atoms with Crippen LogP contribution < -0.4 is 0 Å². The number of amides is 1. The van der Waals surface area contributed by atoms with Crippen molar-refractivity contribution in [2.75, 3.05) is 19.6 Å². The molecule has 5 atom stereocenters. The van der Waals surface area contributed by atoms with Crippen LogP contribution in [0.15, 0.2) is 0 Å². The summed E-state index contributed by atoms with van der Waals surface area (Å²) in [5, 5.41) is 9.86. The largest absolute Gasteiger partial charge is 0.391 e. The highest BCUT2D eigenvalue weighted by atomic mass is 16.3. The molecule has 4 heterocycles. The maximum absolute atomic E-state index is 12.8. The third-order valence-electron chi connectivity index (χ3n) is 5.90. The van der Waals surface area contributed by atoms with Gasteiger partial charge in [0, 0.05) is 25.2 Å². The zero-order chi connectivity index (χ0) is 13.0. The maximum Gasteiger partial charge on any atom is 0.227 e. The van der Waals surface area contributed by atoms with Gasteiger partial charge in [-0.25, -0.2) is 0 Å². The lowest BCUT2D eigenvalue weighted by molar-refractivity contribution is -0.163. The smallest absolute Gasteiger partial charge is 0.227 e. The highest BCUT2D eigenvalue weighted by molar-refractivity contribution is 5.81. The van der Waals surface area contributed by atoms with Crippen molar-refractivity contribution in [1.29, 1.82) is 0 Å². The van der Waals surface area contributed by atoms with Gasteiger partial charge in [0.2, 0.25) is 5.91 Å². The first-order valence-corrected chi connectivity index (χ1v) is 7.96. The number of fused-ring (bicyclic) bond motifs is 6. The predicted molar refractivity (Wildman–Crippen MR) is 71.6 cm³/mol.